The first-order valence-corrected chi connectivity index (χ1v) is 10.3. The topological polar surface area (TPSA) is 108 Å². The van der Waals surface area contributed by atoms with Crippen LogP contribution in [-0.4, -0.2) is 36.3 Å². The number of nitrogens with zero attached hydrogens (tertiary/aromatic N) is 6. The lowest BCUT2D eigenvalue weighted by Crippen LogP contribution is -2.30. The molecule has 0 spiro atoms. The molecule has 2 aromatic heterocycles. The Bertz CT molecular complexity index is 1210. The third-order valence-corrected chi connectivity index (χ3v) is 4.94. The largest absolute Gasteiger partial charge is 0.413 e. The van der Waals surface area contributed by atoms with Crippen LogP contribution in [0.1, 0.15) is 37.0 Å². The van der Waals surface area contributed by atoms with E-state index in [-0.39, 0.29) is 6.04 Å². The van der Waals surface area contributed by atoms with Crippen molar-refractivity contribution < 1.29 is 9.53 Å². The van der Waals surface area contributed by atoms with Gasteiger partial charge in [-0.1, -0.05) is 36.8 Å². The average Bonchev–Trinajstić information content (AvgIpc) is 3.29. The summed E-state index contributed by atoms with van der Waals surface area (Å²) in [7, 11) is 0. The summed E-state index contributed by atoms with van der Waals surface area (Å²) in [6, 6.07) is 13.3. The van der Waals surface area contributed by atoms with E-state index < -0.39 is 6.09 Å². The number of ether oxygens (including phenoxy) is 1. The smallest absolute Gasteiger partial charge is 0.410 e. The fraction of sp³-hybridized carbons (Fsp3) is 0.217. The molecule has 1 unspecified atom stereocenters. The Morgan fingerprint density at radius 3 is 2.66 bits per heavy atom. The first-order chi connectivity index (χ1) is 15.5. The van der Waals surface area contributed by atoms with E-state index in [2.05, 4.69) is 30.8 Å². The van der Waals surface area contributed by atoms with E-state index in [0.717, 1.165) is 16.7 Å². The molecular formula is C23H23N7O2. The summed E-state index contributed by atoms with van der Waals surface area (Å²) in [4.78, 5) is 20.8. The van der Waals surface area contributed by atoms with Crippen molar-refractivity contribution >= 4 is 6.09 Å². The van der Waals surface area contributed by atoms with Crippen LogP contribution >= 0.6 is 0 Å². The molecule has 0 aliphatic carbocycles. The highest BCUT2D eigenvalue weighted by Crippen LogP contribution is 2.28. The lowest BCUT2D eigenvalue weighted by molar-refractivity contribution is 0.196. The van der Waals surface area contributed by atoms with Gasteiger partial charge in [0.05, 0.1) is 23.6 Å². The number of amides is 1. The van der Waals surface area contributed by atoms with E-state index in [9.17, 15) is 4.79 Å². The highest BCUT2D eigenvalue weighted by molar-refractivity contribution is 5.74. The predicted molar refractivity (Wildman–Crippen MR) is 118 cm³/mol. The molecule has 4 rings (SSSR count). The molecule has 9 nitrogen and oxygen atoms in total. The molecule has 0 saturated carbocycles. The molecule has 0 saturated heterocycles. The number of rotatable bonds is 6. The number of aromatic nitrogens is 6. The normalized spacial score (nSPS) is 11.7. The lowest BCUT2D eigenvalue weighted by atomic mass is 10.0. The minimum Gasteiger partial charge on any atom is -0.410 e. The monoisotopic (exact) mass is 429 g/mol. The highest BCUT2D eigenvalue weighted by atomic mass is 16.6. The Morgan fingerprint density at radius 2 is 1.94 bits per heavy atom. The molecule has 4 aromatic rings. The maximum atomic E-state index is 12.6. The highest BCUT2D eigenvalue weighted by Gasteiger charge is 2.15. The van der Waals surface area contributed by atoms with Crippen LogP contribution in [0.15, 0.2) is 61.1 Å². The molecule has 0 aliphatic rings. The maximum absolute atomic E-state index is 12.6. The van der Waals surface area contributed by atoms with Crippen LogP contribution in [0.3, 0.4) is 0 Å². The number of carbonyl (C=O) groups excluding carboxylic acids is 1. The van der Waals surface area contributed by atoms with Gasteiger partial charge in [0.1, 0.15) is 5.75 Å². The summed E-state index contributed by atoms with van der Waals surface area (Å²) in [6.45, 7) is 5.82. The van der Waals surface area contributed by atoms with Gasteiger partial charge in [0.2, 0.25) is 0 Å². The summed E-state index contributed by atoms with van der Waals surface area (Å²) < 4.78 is 7.27. The standard InChI is InChI=1S/C23H23N7O2/c1-4-22-27-28-29-30(22)19-11-18(17-7-5-15(2)6-8-17)12-20(13-19)32-23(31)26-16(3)21-14-24-9-10-25-21/h5-14,16H,4H2,1-3H3,(H,26,31). The molecule has 0 bridgehead atoms. The van der Waals surface area contributed by atoms with Crippen LogP contribution in [0.2, 0.25) is 0 Å². The van der Waals surface area contributed by atoms with Gasteiger partial charge in [0, 0.05) is 24.9 Å². The van der Waals surface area contributed by atoms with E-state index in [1.807, 2.05) is 57.2 Å². The molecule has 0 fully saturated rings. The van der Waals surface area contributed by atoms with Crippen molar-refractivity contribution in [2.75, 3.05) is 0 Å². The van der Waals surface area contributed by atoms with Crippen molar-refractivity contribution in [1.82, 2.24) is 35.5 Å². The third kappa shape index (κ3) is 4.77. The number of hydrogen-bond donors (Lipinski definition) is 1. The molecule has 2 heterocycles. The number of aryl methyl sites for hydroxylation is 2. The molecule has 32 heavy (non-hydrogen) atoms. The summed E-state index contributed by atoms with van der Waals surface area (Å²) in [5.74, 6) is 1.08. The number of carbonyl (C=O) groups is 1. The van der Waals surface area contributed by atoms with Gasteiger partial charge < -0.3 is 10.1 Å². The molecule has 9 heteroatoms. The van der Waals surface area contributed by atoms with Crippen molar-refractivity contribution in [3.05, 3.63) is 78.1 Å². The second kappa shape index (κ2) is 9.34. The number of tetrazole rings is 1. The van der Waals surface area contributed by atoms with Crippen molar-refractivity contribution in [3.8, 4) is 22.6 Å². The van der Waals surface area contributed by atoms with E-state index in [1.54, 1.807) is 29.3 Å². The molecule has 162 valence electrons. The minimum absolute atomic E-state index is 0.359. The molecule has 1 amide bonds. The van der Waals surface area contributed by atoms with Crippen molar-refractivity contribution in [1.29, 1.82) is 0 Å². The Labute approximate surface area is 185 Å². The molecule has 1 atom stereocenters. The molecule has 0 radical (unpaired) electrons. The molecular weight excluding hydrogens is 406 g/mol. The van der Waals surface area contributed by atoms with Gasteiger partial charge >= 0.3 is 6.09 Å². The van der Waals surface area contributed by atoms with E-state index >= 15 is 0 Å². The van der Waals surface area contributed by atoms with Gasteiger partial charge in [-0.05, 0) is 47.5 Å². The summed E-state index contributed by atoms with van der Waals surface area (Å²) >= 11 is 0. The Kier molecular flexibility index (Phi) is 6.16. The minimum atomic E-state index is -0.595. The molecule has 1 N–H and O–H groups in total. The Morgan fingerprint density at radius 1 is 1.12 bits per heavy atom. The van der Waals surface area contributed by atoms with Gasteiger partial charge in [0.25, 0.3) is 0 Å². The zero-order chi connectivity index (χ0) is 22.5. The van der Waals surface area contributed by atoms with Crippen molar-refractivity contribution in [2.24, 2.45) is 0 Å². The Balaban J connectivity index is 1.64. The summed E-state index contributed by atoms with van der Waals surface area (Å²) in [6.07, 6.45) is 4.82. The number of nitrogens with one attached hydrogen (secondary N) is 1. The van der Waals surface area contributed by atoms with Crippen LogP contribution in [0.25, 0.3) is 16.8 Å². The van der Waals surface area contributed by atoms with E-state index in [1.165, 1.54) is 0 Å². The summed E-state index contributed by atoms with van der Waals surface area (Å²) in [5.41, 5.74) is 4.37. The number of hydrogen-bond acceptors (Lipinski definition) is 7. The summed E-state index contributed by atoms with van der Waals surface area (Å²) in [5, 5.41) is 14.7. The van der Waals surface area contributed by atoms with Gasteiger partial charge in [-0.3, -0.25) is 9.97 Å². The molecule has 2 aromatic carbocycles. The quantitative estimate of drug-likeness (QED) is 0.496. The van der Waals surface area contributed by atoms with Crippen molar-refractivity contribution in [2.45, 2.75) is 33.2 Å². The fourth-order valence-corrected chi connectivity index (χ4v) is 3.23. The average molecular weight is 429 g/mol. The van der Waals surface area contributed by atoms with Gasteiger partial charge in [-0.25, -0.2) is 4.79 Å². The third-order valence-electron chi connectivity index (χ3n) is 4.94. The first kappa shape index (κ1) is 21.1. The van der Waals surface area contributed by atoms with Crippen LogP contribution in [0.4, 0.5) is 4.79 Å². The van der Waals surface area contributed by atoms with E-state index in [4.69, 9.17) is 4.74 Å². The van der Waals surface area contributed by atoms with Gasteiger partial charge in [-0.2, -0.15) is 4.68 Å². The number of benzene rings is 2. The van der Waals surface area contributed by atoms with E-state index in [0.29, 0.717) is 29.4 Å². The second-order valence-corrected chi connectivity index (χ2v) is 7.33. The zero-order valence-corrected chi connectivity index (χ0v) is 18.1. The van der Waals surface area contributed by atoms with Crippen LogP contribution < -0.4 is 10.1 Å². The predicted octanol–water partition coefficient (Wildman–Crippen LogP) is 3.84. The Hall–Kier alpha value is -4.14. The van der Waals surface area contributed by atoms with Crippen LogP contribution in [0, 0.1) is 6.92 Å². The van der Waals surface area contributed by atoms with Gasteiger partial charge in [0.15, 0.2) is 5.82 Å². The second-order valence-electron chi connectivity index (χ2n) is 7.33. The van der Waals surface area contributed by atoms with Gasteiger partial charge in [-0.15, -0.1) is 5.10 Å². The SMILES string of the molecule is CCc1nnnn1-c1cc(OC(=O)NC(C)c2cnccn2)cc(-c2ccc(C)cc2)c1. The van der Waals surface area contributed by atoms with Crippen molar-refractivity contribution in [3.63, 3.8) is 0 Å². The first-order valence-electron chi connectivity index (χ1n) is 10.3. The van der Waals surface area contributed by atoms with Crippen LogP contribution in [-0.2, 0) is 6.42 Å². The molecule has 0 aliphatic heterocycles. The zero-order valence-electron chi connectivity index (χ0n) is 18.1. The van der Waals surface area contributed by atoms with Crippen LogP contribution in [0.5, 0.6) is 5.75 Å². The lowest BCUT2D eigenvalue weighted by Gasteiger charge is -2.14. The fourth-order valence-electron chi connectivity index (χ4n) is 3.23. The maximum Gasteiger partial charge on any atom is 0.413 e.